The van der Waals surface area contributed by atoms with E-state index < -0.39 is 5.97 Å². The van der Waals surface area contributed by atoms with E-state index in [1.54, 1.807) is 24.3 Å². The lowest BCUT2D eigenvalue weighted by molar-refractivity contribution is -0.128. The first kappa shape index (κ1) is 19.5. The third-order valence-corrected chi connectivity index (χ3v) is 4.24. The zero-order chi connectivity index (χ0) is 20.9. The summed E-state index contributed by atoms with van der Waals surface area (Å²) < 4.78 is 16.9. The number of esters is 1. The number of hydrogen-bond donors (Lipinski definition) is 0. The lowest BCUT2D eigenvalue weighted by Crippen LogP contribution is -2.05. The van der Waals surface area contributed by atoms with Crippen molar-refractivity contribution in [1.29, 1.82) is 0 Å². The molecule has 0 saturated carbocycles. The van der Waals surface area contributed by atoms with Crippen molar-refractivity contribution in [2.75, 3.05) is 0 Å². The first-order chi connectivity index (χ1) is 14.6. The summed E-state index contributed by atoms with van der Waals surface area (Å²) in [5, 5.41) is 0. The van der Waals surface area contributed by atoms with Gasteiger partial charge in [-0.2, -0.15) is 0 Å². The number of hydrogen-bond acceptors (Lipinski definition) is 5. The molecule has 3 aromatic carbocycles. The number of carbonyl (C=O) groups is 1. The predicted molar refractivity (Wildman–Crippen MR) is 116 cm³/mol. The molecule has 0 aliphatic carbocycles. The second-order valence-electron chi connectivity index (χ2n) is 7.01. The molecule has 0 aliphatic heterocycles. The lowest BCUT2D eigenvalue weighted by atomic mass is 10.2. The van der Waals surface area contributed by atoms with Crippen molar-refractivity contribution in [3.05, 3.63) is 84.4 Å². The second kappa shape index (κ2) is 8.66. The van der Waals surface area contributed by atoms with Gasteiger partial charge in [0.25, 0.3) is 0 Å². The number of rotatable bonds is 6. The monoisotopic (exact) mass is 399 g/mol. The highest BCUT2D eigenvalue weighted by atomic mass is 16.5. The van der Waals surface area contributed by atoms with Crippen molar-refractivity contribution in [3.63, 3.8) is 0 Å². The zero-order valence-corrected chi connectivity index (χ0v) is 16.7. The molecule has 0 aliphatic rings. The molecule has 0 atom stereocenters. The van der Waals surface area contributed by atoms with E-state index in [0.29, 0.717) is 22.7 Å². The Bertz CT molecular complexity index is 1190. The SMILES string of the molecule is CC(C)Oc1cccc(/C=C/C(=O)Oc2ccc3nc(-c4ccccc4)oc3c2)c1. The maximum atomic E-state index is 12.2. The molecule has 0 unspecified atom stereocenters. The smallest absolute Gasteiger partial charge is 0.336 e. The van der Waals surface area contributed by atoms with Gasteiger partial charge in [0.1, 0.15) is 17.0 Å². The van der Waals surface area contributed by atoms with Gasteiger partial charge in [-0.25, -0.2) is 9.78 Å². The molecule has 0 fully saturated rings. The van der Waals surface area contributed by atoms with E-state index in [-0.39, 0.29) is 6.10 Å². The van der Waals surface area contributed by atoms with Crippen LogP contribution in [0.3, 0.4) is 0 Å². The van der Waals surface area contributed by atoms with E-state index in [1.165, 1.54) is 6.08 Å². The summed E-state index contributed by atoms with van der Waals surface area (Å²) in [6, 6.07) is 22.3. The van der Waals surface area contributed by atoms with Gasteiger partial charge in [0.2, 0.25) is 5.89 Å². The fourth-order valence-corrected chi connectivity index (χ4v) is 2.95. The van der Waals surface area contributed by atoms with Crippen LogP contribution in [0.5, 0.6) is 11.5 Å². The zero-order valence-electron chi connectivity index (χ0n) is 16.7. The molecule has 150 valence electrons. The highest BCUT2D eigenvalue weighted by Gasteiger charge is 2.10. The predicted octanol–water partition coefficient (Wildman–Crippen LogP) is 5.90. The Morgan fingerprint density at radius 1 is 0.967 bits per heavy atom. The van der Waals surface area contributed by atoms with Gasteiger partial charge in [0.15, 0.2) is 5.58 Å². The van der Waals surface area contributed by atoms with Gasteiger partial charge in [-0.3, -0.25) is 0 Å². The Labute approximate surface area is 174 Å². The van der Waals surface area contributed by atoms with Crippen molar-refractivity contribution >= 4 is 23.1 Å². The fraction of sp³-hybridized carbons (Fsp3) is 0.120. The minimum absolute atomic E-state index is 0.0857. The number of benzene rings is 3. The standard InChI is InChI=1S/C25H21NO4/c1-17(2)28-20-10-6-7-18(15-20)11-14-24(27)29-21-12-13-22-23(16-21)30-25(26-22)19-8-4-3-5-9-19/h3-17H,1-2H3/b14-11+. The molecule has 4 aromatic rings. The van der Waals surface area contributed by atoms with Crippen LogP contribution in [0.1, 0.15) is 19.4 Å². The van der Waals surface area contributed by atoms with E-state index in [2.05, 4.69) is 4.98 Å². The summed E-state index contributed by atoms with van der Waals surface area (Å²) in [4.78, 5) is 16.7. The minimum atomic E-state index is -0.479. The van der Waals surface area contributed by atoms with Gasteiger partial charge in [0, 0.05) is 17.7 Å². The van der Waals surface area contributed by atoms with Crippen LogP contribution in [0, 0.1) is 0 Å². The van der Waals surface area contributed by atoms with Gasteiger partial charge in [-0.05, 0) is 61.9 Å². The molecule has 0 spiro atoms. The topological polar surface area (TPSA) is 61.6 Å². The molecule has 4 rings (SSSR count). The van der Waals surface area contributed by atoms with E-state index in [9.17, 15) is 4.79 Å². The molecular formula is C25H21NO4. The summed E-state index contributed by atoms with van der Waals surface area (Å²) in [5.41, 5.74) is 3.00. The van der Waals surface area contributed by atoms with Gasteiger partial charge in [-0.15, -0.1) is 0 Å². The highest BCUT2D eigenvalue weighted by Crippen LogP contribution is 2.27. The first-order valence-corrected chi connectivity index (χ1v) is 9.69. The minimum Gasteiger partial charge on any atom is -0.491 e. The van der Waals surface area contributed by atoms with Crippen molar-refractivity contribution in [1.82, 2.24) is 4.98 Å². The molecule has 0 amide bonds. The summed E-state index contributed by atoms with van der Waals surface area (Å²) in [6.07, 6.45) is 3.16. The fourth-order valence-electron chi connectivity index (χ4n) is 2.95. The molecule has 5 heteroatoms. The molecule has 5 nitrogen and oxygen atoms in total. The van der Waals surface area contributed by atoms with E-state index >= 15 is 0 Å². The van der Waals surface area contributed by atoms with Crippen molar-refractivity contribution in [2.24, 2.45) is 0 Å². The van der Waals surface area contributed by atoms with Crippen LogP contribution in [0.2, 0.25) is 0 Å². The van der Waals surface area contributed by atoms with Gasteiger partial charge >= 0.3 is 5.97 Å². The first-order valence-electron chi connectivity index (χ1n) is 9.69. The highest BCUT2D eigenvalue weighted by molar-refractivity contribution is 5.89. The summed E-state index contributed by atoms with van der Waals surface area (Å²) in [5.74, 6) is 1.19. The third-order valence-electron chi connectivity index (χ3n) is 4.24. The molecule has 0 saturated heterocycles. The van der Waals surface area contributed by atoms with Gasteiger partial charge < -0.3 is 13.9 Å². The van der Waals surface area contributed by atoms with Crippen LogP contribution < -0.4 is 9.47 Å². The molecule has 0 N–H and O–H groups in total. The maximum absolute atomic E-state index is 12.2. The molecule has 1 aromatic heterocycles. The number of fused-ring (bicyclic) bond motifs is 1. The van der Waals surface area contributed by atoms with Crippen molar-refractivity contribution in [3.8, 4) is 23.0 Å². The van der Waals surface area contributed by atoms with Crippen LogP contribution >= 0.6 is 0 Å². The Hall–Kier alpha value is -3.86. The van der Waals surface area contributed by atoms with E-state index in [4.69, 9.17) is 13.9 Å². The summed E-state index contributed by atoms with van der Waals surface area (Å²) in [7, 11) is 0. The van der Waals surface area contributed by atoms with Crippen LogP contribution in [-0.2, 0) is 4.79 Å². The van der Waals surface area contributed by atoms with Crippen molar-refractivity contribution in [2.45, 2.75) is 20.0 Å². The Morgan fingerprint density at radius 3 is 2.60 bits per heavy atom. The van der Waals surface area contributed by atoms with E-state index in [1.807, 2.05) is 68.4 Å². The Morgan fingerprint density at radius 2 is 1.80 bits per heavy atom. The number of ether oxygens (including phenoxy) is 2. The van der Waals surface area contributed by atoms with Crippen LogP contribution in [-0.4, -0.2) is 17.1 Å². The number of aromatic nitrogens is 1. The van der Waals surface area contributed by atoms with Crippen LogP contribution in [0.4, 0.5) is 0 Å². The van der Waals surface area contributed by atoms with E-state index in [0.717, 1.165) is 16.9 Å². The molecule has 0 bridgehead atoms. The van der Waals surface area contributed by atoms with Crippen LogP contribution in [0.15, 0.2) is 83.3 Å². The van der Waals surface area contributed by atoms with Gasteiger partial charge in [-0.1, -0.05) is 30.3 Å². The van der Waals surface area contributed by atoms with Crippen molar-refractivity contribution < 1.29 is 18.7 Å². The molecule has 30 heavy (non-hydrogen) atoms. The summed E-state index contributed by atoms with van der Waals surface area (Å²) >= 11 is 0. The largest absolute Gasteiger partial charge is 0.491 e. The third kappa shape index (κ3) is 4.75. The number of nitrogens with zero attached hydrogens (tertiary/aromatic N) is 1. The Balaban J connectivity index is 1.46. The normalized spacial score (nSPS) is 11.3. The average Bonchev–Trinajstić information content (AvgIpc) is 3.16. The van der Waals surface area contributed by atoms with Gasteiger partial charge in [0.05, 0.1) is 6.10 Å². The number of carbonyl (C=O) groups excluding carboxylic acids is 1. The van der Waals surface area contributed by atoms with Crippen LogP contribution in [0.25, 0.3) is 28.6 Å². The lowest BCUT2D eigenvalue weighted by Gasteiger charge is -2.09. The number of oxazole rings is 1. The Kier molecular flexibility index (Phi) is 5.61. The average molecular weight is 399 g/mol. The molecule has 1 heterocycles. The second-order valence-corrected chi connectivity index (χ2v) is 7.01. The molecule has 0 radical (unpaired) electrons. The summed E-state index contributed by atoms with van der Waals surface area (Å²) in [6.45, 7) is 3.93. The molecular weight excluding hydrogens is 378 g/mol. The maximum Gasteiger partial charge on any atom is 0.336 e. The quantitative estimate of drug-likeness (QED) is 0.229.